The highest BCUT2D eigenvalue weighted by Crippen LogP contribution is 2.13. The normalized spacial score (nSPS) is 11.8. The molecule has 1 aromatic carbocycles. The summed E-state index contributed by atoms with van der Waals surface area (Å²) in [7, 11) is -2.04. The molecule has 0 heterocycles. The second-order valence-corrected chi connectivity index (χ2v) is 6.59. The molecular weight excluding hydrogens is 276 g/mol. The summed E-state index contributed by atoms with van der Waals surface area (Å²) in [6.07, 6.45) is 0. The zero-order valence-corrected chi connectivity index (χ0v) is 12.8. The molecule has 0 bridgehead atoms. The minimum Gasteiger partial charge on any atom is -0.377 e. The van der Waals surface area contributed by atoms with Gasteiger partial charge in [0, 0.05) is 19.2 Å². The zero-order valence-electron chi connectivity index (χ0n) is 11.9. The van der Waals surface area contributed by atoms with Gasteiger partial charge in [0.2, 0.25) is 10.0 Å². The van der Waals surface area contributed by atoms with Crippen LogP contribution in [0.1, 0.15) is 19.4 Å². The van der Waals surface area contributed by atoms with Crippen molar-refractivity contribution >= 4 is 10.0 Å². The average molecular weight is 296 g/mol. The summed E-state index contributed by atoms with van der Waals surface area (Å²) in [6, 6.07) is 6.43. The molecule has 20 heavy (non-hydrogen) atoms. The van der Waals surface area contributed by atoms with Crippen LogP contribution in [0.25, 0.3) is 0 Å². The van der Waals surface area contributed by atoms with Crippen molar-refractivity contribution in [2.75, 3.05) is 20.2 Å². The van der Waals surface area contributed by atoms with Gasteiger partial charge >= 0.3 is 0 Å². The smallest absolute Gasteiger partial charge is 0.240 e. The second-order valence-electron chi connectivity index (χ2n) is 4.82. The molecule has 0 fully saturated rings. The van der Waals surface area contributed by atoms with Crippen LogP contribution in [0, 0.1) is 11.8 Å². The number of methoxy groups -OCH3 is 1. The molecule has 0 radical (unpaired) electrons. The highest BCUT2D eigenvalue weighted by molar-refractivity contribution is 7.89. The first-order valence-corrected chi connectivity index (χ1v) is 7.63. The Morgan fingerprint density at radius 1 is 1.40 bits per heavy atom. The number of nitrogens with one attached hydrogen (secondary N) is 1. The predicted molar refractivity (Wildman–Crippen MR) is 78.7 cm³/mol. The van der Waals surface area contributed by atoms with Gasteiger partial charge < -0.3 is 10.5 Å². The van der Waals surface area contributed by atoms with E-state index in [1.807, 2.05) is 0 Å². The fraction of sp³-hybridized carbons (Fsp3) is 0.429. The predicted octanol–water partition coefficient (Wildman–Crippen LogP) is 0.700. The lowest BCUT2D eigenvalue weighted by Gasteiger charge is -2.23. The number of sulfonamides is 1. The molecule has 1 rings (SSSR count). The minimum atomic E-state index is -3.58. The Hall–Kier alpha value is -1.39. The minimum absolute atomic E-state index is 0.174. The van der Waals surface area contributed by atoms with E-state index >= 15 is 0 Å². The van der Waals surface area contributed by atoms with Crippen LogP contribution >= 0.6 is 0 Å². The van der Waals surface area contributed by atoms with Crippen molar-refractivity contribution in [2.24, 2.45) is 5.73 Å². The molecule has 3 N–H and O–H groups in total. The third kappa shape index (κ3) is 4.94. The molecule has 0 saturated carbocycles. The topological polar surface area (TPSA) is 81.4 Å². The molecule has 110 valence electrons. The van der Waals surface area contributed by atoms with Gasteiger partial charge in [-0.1, -0.05) is 17.9 Å². The Bertz CT molecular complexity index is 613. The Balaban J connectivity index is 2.93. The molecule has 0 aliphatic rings. The Kier molecular flexibility index (Phi) is 5.72. The van der Waals surface area contributed by atoms with Crippen molar-refractivity contribution in [3.63, 3.8) is 0 Å². The third-order valence-corrected chi connectivity index (χ3v) is 4.12. The lowest BCUT2D eigenvalue weighted by Crippen LogP contribution is -2.39. The second kappa shape index (κ2) is 6.86. The van der Waals surface area contributed by atoms with Crippen LogP contribution in [0.5, 0.6) is 0 Å². The number of benzene rings is 1. The largest absolute Gasteiger partial charge is 0.377 e. The van der Waals surface area contributed by atoms with E-state index in [2.05, 4.69) is 16.6 Å². The molecule has 0 aromatic heterocycles. The van der Waals surface area contributed by atoms with E-state index in [-0.39, 0.29) is 18.0 Å². The van der Waals surface area contributed by atoms with E-state index in [1.54, 1.807) is 26.0 Å². The van der Waals surface area contributed by atoms with E-state index < -0.39 is 15.6 Å². The quantitative estimate of drug-likeness (QED) is 0.784. The monoisotopic (exact) mass is 296 g/mol. The standard InChI is InChI=1S/C14H20N2O3S/c1-14(2,19-3)11-16-20(17,18)13-8-4-6-12(10-13)7-5-9-15/h4,6,8,10,16H,9,11,15H2,1-3H3. The van der Waals surface area contributed by atoms with Gasteiger partial charge in [-0.3, -0.25) is 0 Å². The summed E-state index contributed by atoms with van der Waals surface area (Å²) in [5.41, 5.74) is 5.34. The van der Waals surface area contributed by atoms with Gasteiger partial charge in [-0.2, -0.15) is 0 Å². The first-order valence-electron chi connectivity index (χ1n) is 6.14. The van der Waals surface area contributed by atoms with Crippen molar-refractivity contribution in [1.29, 1.82) is 0 Å². The van der Waals surface area contributed by atoms with Crippen molar-refractivity contribution in [2.45, 2.75) is 24.3 Å². The van der Waals surface area contributed by atoms with E-state index in [1.165, 1.54) is 19.2 Å². The van der Waals surface area contributed by atoms with Gasteiger partial charge in [-0.05, 0) is 32.0 Å². The molecule has 0 atom stereocenters. The third-order valence-electron chi connectivity index (χ3n) is 2.72. The Morgan fingerprint density at radius 3 is 2.70 bits per heavy atom. The van der Waals surface area contributed by atoms with E-state index in [9.17, 15) is 8.42 Å². The van der Waals surface area contributed by atoms with E-state index in [0.717, 1.165) is 0 Å². The molecule has 0 amide bonds. The lowest BCUT2D eigenvalue weighted by atomic mass is 10.1. The maximum Gasteiger partial charge on any atom is 0.240 e. The Morgan fingerprint density at radius 2 is 2.10 bits per heavy atom. The molecule has 0 spiro atoms. The van der Waals surface area contributed by atoms with Gasteiger partial charge in [-0.25, -0.2) is 13.1 Å². The summed E-state index contributed by atoms with van der Waals surface area (Å²) in [6.45, 7) is 4.03. The highest BCUT2D eigenvalue weighted by atomic mass is 32.2. The molecule has 0 aliphatic carbocycles. The average Bonchev–Trinajstić information content (AvgIpc) is 2.43. The van der Waals surface area contributed by atoms with Crippen LogP contribution in [0.2, 0.25) is 0 Å². The summed E-state index contributed by atoms with van der Waals surface area (Å²) in [5.74, 6) is 5.50. The first kappa shape index (κ1) is 16.7. The maximum atomic E-state index is 12.2. The number of rotatable bonds is 5. The van der Waals surface area contributed by atoms with Gasteiger partial charge in [0.05, 0.1) is 17.0 Å². The zero-order chi connectivity index (χ0) is 15.2. The van der Waals surface area contributed by atoms with Crippen LogP contribution in [-0.2, 0) is 14.8 Å². The number of hydrogen-bond donors (Lipinski definition) is 2. The number of hydrogen-bond acceptors (Lipinski definition) is 4. The fourth-order valence-electron chi connectivity index (χ4n) is 1.32. The van der Waals surface area contributed by atoms with Crippen molar-refractivity contribution in [3.05, 3.63) is 29.8 Å². The first-order chi connectivity index (χ1) is 9.30. The van der Waals surface area contributed by atoms with Gasteiger partial charge in [0.25, 0.3) is 0 Å². The van der Waals surface area contributed by atoms with Crippen LogP contribution in [0.15, 0.2) is 29.2 Å². The van der Waals surface area contributed by atoms with E-state index in [4.69, 9.17) is 10.5 Å². The van der Waals surface area contributed by atoms with Crippen molar-refractivity contribution < 1.29 is 13.2 Å². The van der Waals surface area contributed by atoms with Gasteiger partial charge in [0.15, 0.2) is 0 Å². The number of ether oxygens (including phenoxy) is 1. The van der Waals surface area contributed by atoms with Crippen LogP contribution in [-0.4, -0.2) is 34.2 Å². The fourth-order valence-corrected chi connectivity index (χ4v) is 2.56. The van der Waals surface area contributed by atoms with Crippen molar-refractivity contribution in [1.82, 2.24) is 4.72 Å². The molecule has 0 unspecified atom stereocenters. The molecule has 1 aromatic rings. The maximum absolute atomic E-state index is 12.2. The molecule has 0 aliphatic heterocycles. The van der Waals surface area contributed by atoms with Crippen molar-refractivity contribution in [3.8, 4) is 11.8 Å². The van der Waals surface area contributed by atoms with Crippen LogP contribution in [0.4, 0.5) is 0 Å². The molecule has 6 heteroatoms. The van der Waals surface area contributed by atoms with E-state index in [0.29, 0.717) is 5.56 Å². The lowest BCUT2D eigenvalue weighted by molar-refractivity contribution is 0.0276. The van der Waals surface area contributed by atoms with Crippen LogP contribution < -0.4 is 10.5 Å². The van der Waals surface area contributed by atoms with Gasteiger partial charge in [0.1, 0.15) is 0 Å². The Labute approximate surface area is 120 Å². The SMILES string of the molecule is COC(C)(C)CNS(=O)(=O)c1cccc(C#CCN)c1. The highest BCUT2D eigenvalue weighted by Gasteiger charge is 2.21. The summed E-state index contributed by atoms with van der Waals surface area (Å²) in [5, 5.41) is 0. The van der Waals surface area contributed by atoms with Crippen LogP contribution in [0.3, 0.4) is 0 Å². The molecular formula is C14H20N2O3S. The number of nitrogens with two attached hydrogens (primary N) is 1. The molecule has 5 nitrogen and oxygen atoms in total. The summed E-state index contributed by atoms with van der Waals surface area (Å²) < 4.78 is 32.1. The summed E-state index contributed by atoms with van der Waals surface area (Å²) in [4.78, 5) is 0.174. The van der Waals surface area contributed by atoms with Gasteiger partial charge in [-0.15, -0.1) is 0 Å². The molecule has 0 saturated heterocycles. The summed E-state index contributed by atoms with van der Waals surface area (Å²) >= 11 is 0.